The molecule has 0 bridgehead atoms. The maximum absolute atomic E-state index is 12.5. The number of hydrogen-bond acceptors (Lipinski definition) is 2. The number of benzene rings is 2. The maximum atomic E-state index is 12.5. The SMILES string of the molecule is FC(F)(F)c1ccc(-c2ccc(C3=NCCO3)cc2)cc1. The van der Waals surface area contributed by atoms with E-state index >= 15 is 0 Å². The molecule has 0 radical (unpaired) electrons. The Morgan fingerprint density at radius 2 is 1.33 bits per heavy atom. The molecule has 21 heavy (non-hydrogen) atoms. The second-order valence-electron chi connectivity index (χ2n) is 4.69. The van der Waals surface area contributed by atoms with E-state index in [1.165, 1.54) is 12.1 Å². The lowest BCUT2D eigenvalue weighted by atomic mass is 10.0. The van der Waals surface area contributed by atoms with Crippen molar-refractivity contribution in [2.75, 3.05) is 13.2 Å². The Morgan fingerprint density at radius 1 is 0.810 bits per heavy atom. The third-order valence-corrected chi connectivity index (χ3v) is 3.26. The van der Waals surface area contributed by atoms with Gasteiger partial charge in [-0.1, -0.05) is 24.3 Å². The van der Waals surface area contributed by atoms with Crippen LogP contribution >= 0.6 is 0 Å². The molecule has 0 amide bonds. The Kier molecular flexibility index (Phi) is 3.41. The minimum atomic E-state index is -4.31. The van der Waals surface area contributed by atoms with Crippen molar-refractivity contribution in [1.82, 2.24) is 0 Å². The van der Waals surface area contributed by atoms with Gasteiger partial charge in [0.25, 0.3) is 0 Å². The smallest absolute Gasteiger partial charge is 0.416 e. The molecule has 2 nitrogen and oxygen atoms in total. The molecular weight excluding hydrogens is 279 g/mol. The van der Waals surface area contributed by atoms with E-state index in [1.807, 2.05) is 24.3 Å². The fraction of sp³-hybridized carbons (Fsp3) is 0.188. The quantitative estimate of drug-likeness (QED) is 0.814. The van der Waals surface area contributed by atoms with Gasteiger partial charge in [-0.15, -0.1) is 0 Å². The molecule has 0 saturated carbocycles. The zero-order valence-electron chi connectivity index (χ0n) is 11.0. The Bertz CT molecular complexity index is 657. The molecule has 0 unspecified atom stereocenters. The molecule has 5 heteroatoms. The molecule has 0 saturated heterocycles. The second kappa shape index (κ2) is 5.24. The van der Waals surface area contributed by atoms with Gasteiger partial charge in [0, 0.05) is 5.56 Å². The van der Waals surface area contributed by atoms with Gasteiger partial charge in [0.1, 0.15) is 6.61 Å². The van der Waals surface area contributed by atoms with Crippen molar-refractivity contribution >= 4 is 5.90 Å². The summed E-state index contributed by atoms with van der Waals surface area (Å²) in [6, 6.07) is 12.5. The largest absolute Gasteiger partial charge is 0.476 e. The summed E-state index contributed by atoms with van der Waals surface area (Å²) in [4.78, 5) is 4.22. The lowest BCUT2D eigenvalue weighted by Crippen LogP contribution is -2.04. The van der Waals surface area contributed by atoms with Gasteiger partial charge in [-0.2, -0.15) is 13.2 Å². The highest BCUT2D eigenvalue weighted by atomic mass is 19.4. The predicted molar refractivity (Wildman–Crippen MR) is 74.2 cm³/mol. The first-order valence-electron chi connectivity index (χ1n) is 6.49. The molecule has 1 heterocycles. The Morgan fingerprint density at radius 3 is 1.81 bits per heavy atom. The van der Waals surface area contributed by atoms with Crippen LogP contribution in [0.15, 0.2) is 53.5 Å². The first-order chi connectivity index (χ1) is 10.0. The molecule has 0 fully saturated rings. The summed E-state index contributed by atoms with van der Waals surface area (Å²) >= 11 is 0. The van der Waals surface area contributed by atoms with Crippen LogP contribution in [0.5, 0.6) is 0 Å². The summed E-state index contributed by atoms with van der Waals surface area (Å²) in [6.07, 6.45) is -4.31. The predicted octanol–water partition coefficient (Wildman–Crippen LogP) is 4.15. The van der Waals surface area contributed by atoms with Gasteiger partial charge >= 0.3 is 6.18 Å². The summed E-state index contributed by atoms with van der Waals surface area (Å²) < 4.78 is 42.9. The van der Waals surface area contributed by atoms with Gasteiger partial charge in [0.15, 0.2) is 0 Å². The topological polar surface area (TPSA) is 21.6 Å². The van der Waals surface area contributed by atoms with E-state index in [0.717, 1.165) is 28.8 Å². The van der Waals surface area contributed by atoms with E-state index < -0.39 is 11.7 Å². The summed E-state index contributed by atoms with van der Waals surface area (Å²) in [5, 5.41) is 0. The van der Waals surface area contributed by atoms with Gasteiger partial charge in [-0.25, -0.2) is 4.99 Å². The van der Waals surface area contributed by atoms with Crippen LogP contribution in [-0.4, -0.2) is 19.0 Å². The lowest BCUT2D eigenvalue weighted by molar-refractivity contribution is -0.137. The van der Waals surface area contributed by atoms with Gasteiger partial charge in [-0.3, -0.25) is 0 Å². The molecule has 1 aliphatic heterocycles. The van der Waals surface area contributed by atoms with Crippen LogP contribution in [0.2, 0.25) is 0 Å². The van der Waals surface area contributed by atoms with Crippen LogP contribution in [0.25, 0.3) is 11.1 Å². The molecule has 0 spiro atoms. The van der Waals surface area contributed by atoms with E-state index in [-0.39, 0.29) is 0 Å². The van der Waals surface area contributed by atoms with Gasteiger partial charge < -0.3 is 4.74 Å². The molecule has 2 aromatic rings. The molecule has 0 N–H and O–H groups in total. The average Bonchev–Trinajstić information content (AvgIpc) is 3.01. The van der Waals surface area contributed by atoms with Crippen molar-refractivity contribution in [1.29, 1.82) is 0 Å². The van der Waals surface area contributed by atoms with Crippen molar-refractivity contribution in [2.24, 2.45) is 4.99 Å². The number of aliphatic imine (C=N–C) groups is 1. The Labute approximate surface area is 119 Å². The normalized spacial score (nSPS) is 14.7. The van der Waals surface area contributed by atoms with Crippen LogP contribution in [0.3, 0.4) is 0 Å². The standard InChI is InChI=1S/C16H12F3NO/c17-16(18,19)14-7-5-12(6-8-14)11-1-3-13(4-2-11)15-20-9-10-21-15/h1-8H,9-10H2. The number of hydrogen-bond donors (Lipinski definition) is 0. The van der Waals surface area contributed by atoms with Crippen LogP contribution in [0.1, 0.15) is 11.1 Å². The van der Waals surface area contributed by atoms with E-state index in [1.54, 1.807) is 0 Å². The average molecular weight is 291 g/mol. The maximum Gasteiger partial charge on any atom is 0.416 e. The summed E-state index contributed by atoms with van der Waals surface area (Å²) in [5.41, 5.74) is 1.83. The molecule has 0 aromatic heterocycles. The highest BCUT2D eigenvalue weighted by molar-refractivity contribution is 5.95. The zero-order valence-corrected chi connectivity index (χ0v) is 11.0. The first-order valence-corrected chi connectivity index (χ1v) is 6.49. The third kappa shape index (κ3) is 2.91. The molecule has 2 aromatic carbocycles. The van der Waals surface area contributed by atoms with Crippen LogP contribution in [-0.2, 0) is 10.9 Å². The van der Waals surface area contributed by atoms with Crippen LogP contribution < -0.4 is 0 Å². The Balaban J connectivity index is 1.84. The number of alkyl halides is 3. The van der Waals surface area contributed by atoms with Crippen molar-refractivity contribution < 1.29 is 17.9 Å². The van der Waals surface area contributed by atoms with Gasteiger partial charge in [0.05, 0.1) is 12.1 Å². The molecule has 3 rings (SSSR count). The molecule has 1 aliphatic rings. The molecule has 0 atom stereocenters. The minimum Gasteiger partial charge on any atom is -0.476 e. The summed E-state index contributed by atoms with van der Waals surface area (Å²) in [7, 11) is 0. The van der Waals surface area contributed by atoms with E-state index in [4.69, 9.17) is 4.74 Å². The van der Waals surface area contributed by atoms with Crippen molar-refractivity contribution in [2.45, 2.75) is 6.18 Å². The Hall–Kier alpha value is -2.30. The van der Waals surface area contributed by atoms with Crippen molar-refractivity contribution in [3.8, 4) is 11.1 Å². The highest BCUT2D eigenvalue weighted by Crippen LogP contribution is 2.31. The number of nitrogens with zero attached hydrogens (tertiary/aromatic N) is 1. The van der Waals surface area contributed by atoms with Gasteiger partial charge in [-0.05, 0) is 35.4 Å². The van der Waals surface area contributed by atoms with E-state index in [0.29, 0.717) is 19.0 Å². The minimum absolute atomic E-state index is 0.593. The van der Waals surface area contributed by atoms with Crippen molar-refractivity contribution in [3.05, 3.63) is 59.7 Å². The molecule has 108 valence electrons. The van der Waals surface area contributed by atoms with E-state index in [2.05, 4.69) is 4.99 Å². The summed E-state index contributed by atoms with van der Waals surface area (Å²) in [6.45, 7) is 1.26. The van der Waals surface area contributed by atoms with Crippen LogP contribution in [0, 0.1) is 0 Å². The van der Waals surface area contributed by atoms with Gasteiger partial charge in [0.2, 0.25) is 5.90 Å². The monoisotopic (exact) mass is 291 g/mol. The highest BCUT2D eigenvalue weighted by Gasteiger charge is 2.29. The summed E-state index contributed by atoms with van der Waals surface area (Å²) in [5.74, 6) is 0.619. The van der Waals surface area contributed by atoms with Crippen LogP contribution in [0.4, 0.5) is 13.2 Å². The second-order valence-corrected chi connectivity index (χ2v) is 4.69. The number of halogens is 3. The third-order valence-electron chi connectivity index (χ3n) is 3.26. The fourth-order valence-electron chi connectivity index (χ4n) is 2.17. The zero-order chi connectivity index (χ0) is 14.9. The first kappa shape index (κ1) is 13.7. The molecular formula is C16H12F3NO. The van der Waals surface area contributed by atoms with Crippen molar-refractivity contribution in [3.63, 3.8) is 0 Å². The molecule has 0 aliphatic carbocycles. The lowest BCUT2D eigenvalue weighted by Gasteiger charge is -2.08. The van der Waals surface area contributed by atoms with E-state index in [9.17, 15) is 13.2 Å². The fourth-order valence-corrected chi connectivity index (χ4v) is 2.17. The number of ether oxygens (including phenoxy) is 1. The number of rotatable bonds is 2.